The van der Waals surface area contributed by atoms with Gasteiger partial charge in [-0.25, -0.2) is 0 Å². The molecule has 1 saturated heterocycles. The molecule has 1 N–H and O–H groups in total. The smallest absolute Gasteiger partial charge is 0.0619 e. The van der Waals surface area contributed by atoms with Gasteiger partial charge in [-0.1, -0.05) is 30.3 Å². The van der Waals surface area contributed by atoms with Crippen molar-refractivity contribution in [3.05, 3.63) is 47.8 Å². The maximum absolute atomic E-state index is 4.63. The molecule has 0 unspecified atom stereocenters. The normalized spacial score (nSPS) is 15.4. The van der Waals surface area contributed by atoms with E-state index in [2.05, 4.69) is 59.4 Å². The summed E-state index contributed by atoms with van der Waals surface area (Å²) in [6.07, 6.45) is 2.01. The van der Waals surface area contributed by atoms with E-state index in [9.17, 15) is 0 Å². The van der Waals surface area contributed by atoms with Crippen LogP contribution in [-0.2, 0) is 0 Å². The van der Waals surface area contributed by atoms with Gasteiger partial charge in [0.1, 0.15) is 0 Å². The van der Waals surface area contributed by atoms with Gasteiger partial charge in [-0.3, -0.25) is 4.98 Å². The van der Waals surface area contributed by atoms with E-state index in [4.69, 9.17) is 0 Å². The number of hydrogen-bond acceptors (Lipinski definition) is 3. The molecule has 1 aliphatic rings. The summed E-state index contributed by atoms with van der Waals surface area (Å²) in [6, 6.07) is 10.5. The zero-order valence-corrected chi connectivity index (χ0v) is 12.2. The fourth-order valence-electron chi connectivity index (χ4n) is 2.98. The third kappa shape index (κ3) is 2.41. The third-order valence-corrected chi connectivity index (χ3v) is 4.01. The van der Waals surface area contributed by atoms with Crippen LogP contribution in [0.1, 0.15) is 11.3 Å². The molecule has 3 nitrogen and oxygen atoms in total. The minimum absolute atomic E-state index is 1.05. The molecule has 1 aliphatic heterocycles. The van der Waals surface area contributed by atoms with E-state index in [0.29, 0.717) is 0 Å². The molecule has 0 radical (unpaired) electrons. The van der Waals surface area contributed by atoms with Gasteiger partial charge < -0.3 is 10.2 Å². The van der Waals surface area contributed by atoms with Gasteiger partial charge in [0.15, 0.2) is 0 Å². The van der Waals surface area contributed by atoms with Crippen LogP contribution in [0.25, 0.3) is 11.1 Å². The van der Waals surface area contributed by atoms with Crippen molar-refractivity contribution in [2.75, 3.05) is 31.1 Å². The summed E-state index contributed by atoms with van der Waals surface area (Å²) in [4.78, 5) is 7.09. The second-order valence-electron chi connectivity index (χ2n) is 5.33. The minimum Gasteiger partial charge on any atom is -0.367 e. The summed E-state index contributed by atoms with van der Waals surface area (Å²) >= 11 is 0. The van der Waals surface area contributed by atoms with Crippen LogP contribution >= 0.6 is 0 Å². The van der Waals surface area contributed by atoms with Crippen molar-refractivity contribution >= 4 is 5.69 Å². The lowest BCUT2D eigenvalue weighted by Gasteiger charge is -2.32. The lowest BCUT2D eigenvalue weighted by atomic mass is 10.00. The molecule has 2 heterocycles. The summed E-state index contributed by atoms with van der Waals surface area (Å²) in [5, 5.41) is 3.41. The topological polar surface area (TPSA) is 28.2 Å². The molecule has 0 amide bonds. The number of rotatable bonds is 2. The zero-order valence-electron chi connectivity index (χ0n) is 12.2. The van der Waals surface area contributed by atoms with Crippen LogP contribution in [0.2, 0.25) is 0 Å². The first-order chi connectivity index (χ1) is 9.77. The largest absolute Gasteiger partial charge is 0.367 e. The quantitative estimate of drug-likeness (QED) is 0.907. The van der Waals surface area contributed by atoms with Gasteiger partial charge in [-0.05, 0) is 25.0 Å². The number of benzene rings is 1. The van der Waals surface area contributed by atoms with Crippen molar-refractivity contribution in [3.63, 3.8) is 0 Å². The Morgan fingerprint density at radius 1 is 1.05 bits per heavy atom. The maximum Gasteiger partial charge on any atom is 0.0619 e. The molecule has 3 rings (SSSR count). The second kappa shape index (κ2) is 5.63. The van der Waals surface area contributed by atoms with Gasteiger partial charge in [0, 0.05) is 37.9 Å². The van der Waals surface area contributed by atoms with E-state index in [0.717, 1.165) is 31.9 Å². The first-order valence-electron chi connectivity index (χ1n) is 7.24. The highest BCUT2D eigenvalue weighted by atomic mass is 15.2. The highest BCUT2D eigenvalue weighted by Gasteiger charge is 2.18. The van der Waals surface area contributed by atoms with Gasteiger partial charge in [0.05, 0.1) is 11.4 Å². The number of piperazine rings is 1. The fraction of sp³-hybridized carbons (Fsp3) is 0.353. The van der Waals surface area contributed by atoms with Gasteiger partial charge in [-0.15, -0.1) is 0 Å². The van der Waals surface area contributed by atoms with Gasteiger partial charge in [-0.2, -0.15) is 0 Å². The Labute approximate surface area is 120 Å². The fourth-order valence-corrected chi connectivity index (χ4v) is 2.98. The molecule has 1 aromatic heterocycles. The summed E-state index contributed by atoms with van der Waals surface area (Å²) in [6.45, 7) is 8.54. The Morgan fingerprint density at radius 3 is 2.45 bits per heavy atom. The van der Waals surface area contributed by atoms with Gasteiger partial charge >= 0.3 is 0 Å². The van der Waals surface area contributed by atoms with Crippen LogP contribution in [-0.4, -0.2) is 31.2 Å². The summed E-state index contributed by atoms with van der Waals surface area (Å²) in [7, 11) is 0. The predicted octanol–water partition coefficient (Wildman–Crippen LogP) is 2.78. The highest BCUT2D eigenvalue weighted by molar-refractivity contribution is 5.74. The Balaban J connectivity index is 2.06. The molecule has 2 aromatic rings. The van der Waals surface area contributed by atoms with E-state index in [1.807, 2.05) is 6.20 Å². The Bertz CT molecular complexity index is 587. The molecule has 20 heavy (non-hydrogen) atoms. The molecule has 104 valence electrons. The standard InChI is InChI=1S/C17H21N3/c1-13-16(15-6-4-3-5-7-15)12-19-14(2)17(13)20-10-8-18-9-11-20/h3-7,12,18H,8-11H2,1-2H3. The van der Waals surface area contributed by atoms with E-state index < -0.39 is 0 Å². The molecule has 1 aromatic carbocycles. The molecule has 0 aliphatic carbocycles. The highest BCUT2D eigenvalue weighted by Crippen LogP contribution is 2.32. The number of nitrogens with one attached hydrogen (secondary N) is 1. The number of pyridine rings is 1. The number of aryl methyl sites for hydroxylation is 1. The number of anilines is 1. The first-order valence-corrected chi connectivity index (χ1v) is 7.24. The molecule has 1 fully saturated rings. The number of aromatic nitrogens is 1. The molecule has 0 saturated carbocycles. The van der Waals surface area contributed by atoms with Gasteiger partial charge in [0.25, 0.3) is 0 Å². The predicted molar refractivity (Wildman–Crippen MR) is 84.2 cm³/mol. The van der Waals surface area contributed by atoms with Gasteiger partial charge in [0.2, 0.25) is 0 Å². The van der Waals surface area contributed by atoms with E-state index in [-0.39, 0.29) is 0 Å². The lowest BCUT2D eigenvalue weighted by Crippen LogP contribution is -2.44. The second-order valence-corrected chi connectivity index (χ2v) is 5.33. The van der Waals surface area contributed by atoms with E-state index >= 15 is 0 Å². The maximum atomic E-state index is 4.63. The average Bonchev–Trinajstić information content (AvgIpc) is 2.49. The molecule has 3 heteroatoms. The van der Waals surface area contributed by atoms with Crippen LogP contribution in [0, 0.1) is 13.8 Å². The van der Waals surface area contributed by atoms with E-state index in [1.165, 1.54) is 22.4 Å². The zero-order chi connectivity index (χ0) is 13.9. The lowest BCUT2D eigenvalue weighted by molar-refractivity contribution is 0.587. The number of hydrogen-bond donors (Lipinski definition) is 1. The van der Waals surface area contributed by atoms with E-state index in [1.54, 1.807) is 0 Å². The Morgan fingerprint density at radius 2 is 1.75 bits per heavy atom. The van der Waals surface area contributed by atoms with Crippen molar-refractivity contribution < 1.29 is 0 Å². The van der Waals surface area contributed by atoms with Crippen molar-refractivity contribution in [1.29, 1.82) is 0 Å². The summed E-state index contributed by atoms with van der Waals surface area (Å²) in [5.41, 5.74) is 6.26. The van der Waals surface area contributed by atoms with Crippen molar-refractivity contribution in [2.45, 2.75) is 13.8 Å². The molecule has 0 spiro atoms. The monoisotopic (exact) mass is 267 g/mol. The Hall–Kier alpha value is -1.87. The van der Waals surface area contributed by atoms with Crippen LogP contribution < -0.4 is 10.2 Å². The number of nitrogens with zero attached hydrogens (tertiary/aromatic N) is 2. The molecule has 0 bridgehead atoms. The SMILES string of the molecule is Cc1ncc(-c2ccccc2)c(C)c1N1CCNCC1. The molecular formula is C17H21N3. The van der Waals surface area contributed by atoms with Crippen molar-refractivity contribution in [1.82, 2.24) is 10.3 Å². The summed E-state index contributed by atoms with van der Waals surface area (Å²) < 4.78 is 0. The third-order valence-electron chi connectivity index (χ3n) is 4.01. The Kier molecular flexibility index (Phi) is 3.70. The molecule has 0 atom stereocenters. The van der Waals surface area contributed by atoms with Crippen LogP contribution in [0.15, 0.2) is 36.5 Å². The summed E-state index contributed by atoms with van der Waals surface area (Å²) in [5.74, 6) is 0. The van der Waals surface area contributed by atoms with Crippen LogP contribution in [0.5, 0.6) is 0 Å². The van der Waals surface area contributed by atoms with Crippen molar-refractivity contribution in [2.24, 2.45) is 0 Å². The van der Waals surface area contributed by atoms with Crippen molar-refractivity contribution in [3.8, 4) is 11.1 Å². The average molecular weight is 267 g/mol. The van der Waals surface area contributed by atoms with Crippen LogP contribution in [0.4, 0.5) is 5.69 Å². The van der Waals surface area contributed by atoms with Crippen LogP contribution in [0.3, 0.4) is 0 Å². The molecular weight excluding hydrogens is 246 g/mol. The first kappa shape index (κ1) is 13.1. The minimum atomic E-state index is 1.05.